The van der Waals surface area contributed by atoms with Gasteiger partial charge in [-0.1, -0.05) is 17.7 Å². The summed E-state index contributed by atoms with van der Waals surface area (Å²) >= 11 is 5.68. The molecule has 1 atom stereocenters. The van der Waals surface area contributed by atoms with E-state index in [-0.39, 0.29) is 17.0 Å². The van der Waals surface area contributed by atoms with Gasteiger partial charge in [0.1, 0.15) is 17.5 Å². The number of rotatable bonds is 4. The quantitative estimate of drug-likeness (QED) is 0.670. The van der Waals surface area contributed by atoms with Crippen molar-refractivity contribution in [3.63, 3.8) is 0 Å². The molecule has 0 saturated carbocycles. The van der Waals surface area contributed by atoms with Crippen molar-refractivity contribution >= 4 is 11.6 Å². The molecule has 0 aliphatic rings. The predicted octanol–water partition coefficient (Wildman–Crippen LogP) is 3.50. The number of hydrogen-bond donors (Lipinski definition) is 2. The first-order valence-electron chi connectivity index (χ1n) is 5.85. The Bertz CT molecular complexity index is 599. The third-order valence-electron chi connectivity index (χ3n) is 2.90. The highest BCUT2D eigenvalue weighted by molar-refractivity contribution is 6.30. The zero-order valence-electron chi connectivity index (χ0n) is 10.3. The molecule has 0 fully saturated rings. The van der Waals surface area contributed by atoms with E-state index in [1.165, 1.54) is 24.3 Å². The van der Waals surface area contributed by atoms with E-state index in [0.29, 0.717) is 5.56 Å². The second kappa shape index (κ2) is 6.26. The molecule has 0 aliphatic heterocycles. The van der Waals surface area contributed by atoms with Crippen LogP contribution in [0.25, 0.3) is 0 Å². The summed E-state index contributed by atoms with van der Waals surface area (Å²) in [6.45, 7) is 0. The normalized spacial score (nSPS) is 12.4. The first-order valence-corrected chi connectivity index (χ1v) is 6.23. The maximum absolute atomic E-state index is 13.8. The maximum Gasteiger partial charge on any atom is 0.129 e. The van der Waals surface area contributed by atoms with Gasteiger partial charge in [0, 0.05) is 16.7 Å². The fourth-order valence-electron chi connectivity index (χ4n) is 2.01. The van der Waals surface area contributed by atoms with E-state index >= 15 is 0 Å². The van der Waals surface area contributed by atoms with Gasteiger partial charge >= 0.3 is 0 Å². The molecule has 106 valence electrons. The molecule has 0 radical (unpaired) electrons. The van der Waals surface area contributed by atoms with Crippen molar-refractivity contribution in [1.82, 2.24) is 5.43 Å². The molecule has 0 aliphatic carbocycles. The summed E-state index contributed by atoms with van der Waals surface area (Å²) in [5.41, 5.74) is 3.09. The van der Waals surface area contributed by atoms with Crippen molar-refractivity contribution in [3.05, 3.63) is 70.0 Å². The van der Waals surface area contributed by atoms with Crippen LogP contribution in [0.2, 0.25) is 5.02 Å². The number of halogens is 4. The summed E-state index contributed by atoms with van der Waals surface area (Å²) in [7, 11) is 0. The number of nitrogens with two attached hydrogens (primary N) is 1. The summed E-state index contributed by atoms with van der Waals surface area (Å²) in [6.07, 6.45) is 0.143. The van der Waals surface area contributed by atoms with Crippen LogP contribution in [0.3, 0.4) is 0 Å². The number of hydrogen-bond acceptors (Lipinski definition) is 2. The summed E-state index contributed by atoms with van der Waals surface area (Å²) in [6, 6.07) is 6.69. The van der Waals surface area contributed by atoms with Crippen LogP contribution in [0.15, 0.2) is 36.4 Å². The minimum atomic E-state index is -0.688. The van der Waals surface area contributed by atoms with Gasteiger partial charge in [0.2, 0.25) is 0 Å². The molecular formula is C14H12ClF3N2. The van der Waals surface area contributed by atoms with Crippen LogP contribution in [0.5, 0.6) is 0 Å². The van der Waals surface area contributed by atoms with E-state index < -0.39 is 23.5 Å². The number of hydrazine groups is 1. The van der Waals surface area contributed by atoms with Crippen LogP contribution >= 0.6 is 11.6 Å². The van der Waals surface area contributed by atoms with Crippen molar-refractivity contribution in [2.45, 2.75) is 12.5 Å². The molecule has 0 aromatic heterocycles. The van der Waals surface area contributed by atoms with Gasteiger partial charge < -0.3 is 0 Å². The Morgan fingerprint density at radius 1 is 1.05 bits per heavy atom. The summed E-state index contributed by atoms with van der Waals surface area (Å²) in [4.78, 5) is 0. The van der Waals surface area contributed by atoms with E-state index in [1.807, 2.05) is 0 Å². The largest absolute Gasteiger partial charge is 0.271 e. The fourth-order valence-corrected chi connectivity index (χ4v) is 2.17. The van der Waals surface area contributed by atoms with Crippen molar-refractivity contribution in [2.24, 2.45) is 5.84 Å². The molecule has 2 aromatic carbocycles. The first kappa shape index (κ1) is 14.8. The molecule has 6 heteroatoms. The second-order valence-corrected chi connectivity index (χ2v) is 4.80. The molecule has 0 heterocycles. The minimum absolute atomic E-state index is 0.143. The highest BCUT2D eigenvalue weighted by atomic mass is 35.5. The Balaban J connectivity index is 2.28. The van der Waals surface area contributed by atoms with Crippen molar-refractivity contribution in [3.8, 4) is 0 Å². The predicted molar refractivity (Wildman–Crippen MR) is 71.5 cm³/mol. The highest BCUT2D eigenvalue weighted by Crippen LogP contribution is 2.24. The van der Waals surface area contributed by atoms with E-state index in [2.05, 4.69) is 5.43 Å². The molecule has 0 amide bonds. The summed E-state index contributed by atoms with van der Waals surface area (Å²) in [5.74, 6) is 3.49. The van der Waals surface area contributed by atoms with E-state index in [9.17, 15) is 13.2 Å². The van der Waals surface area contributed by atoms with Crippen LogP contribution in [-0.2, 0) is 6.42 Å². The zero-order valence-corrected chi connectivity index (χ0v) is 11.1. The molecule has 0 bridgehead atoms. The Hall–Kier alpha value is -1.56. The molecule has 20 heavy (non-hydrogen) atoms. The number of nitrogens with one attached hydrogen (secondary N) is 1. The Morgan fingerprint density at radius 3 is 2.25 bits per heavy atom. The van der Waals surface area contributed by atoms with Crippen molar-refractivity contribution in [1.29, 1.82) is 0 Å². The van der Waals surface area contributed by atoms with Gasteiger partial charge in [-0.15, -0.1) is 0 Å². The van der Waals surface area contributed by atoms with Gasteiger partial charge in [-0.3, -0.25) is 11.3 Å². The smallest absolute Gasteiger partial charge is 0.129 e. The summed E-state index contributed by atoms with van der Waals surface area (Å²) < 4.78 is 40.1. The molecule has 0 saturated heterocycles. The van der Waals surface area contributed by atoms with Crippen LogP contribution in [0, 0.1) is 17.5 Å². The van der Waals surface area contributed by atoms with Gasteiger partial charge in [-0.2, -0.15) is 0 Å². The van der Waals surface area contributed by atoms with Crippen molar-refractivity contribution in [2.75, 3.05) is 0 Å². The Labute approximate surface area is 119 Å². The highest BCUT2D eigenvalue weighted by Gasteiger charge is 2.16. The van der Waals surface area contributed by atoms with Crippen molar-refractivity contribution < 1.29 is 13.2 Å². The van der Waals surface area contributed by atoms with Gasteiger partial charge in [0.05, 0.1) is 6.04 Å². The lowest BCUT2D eigenvalue weighted by Crippen LogP contribution is -2.30. The molecule has 2 nitrogen and oxygen atoms in total. The third-order valence-corrected chi connectivity index (χ3v) is 3.14. The standard InChI is InChI=1S/C14H12ClF3N2/c15-9-1-2-12(13(18)6-9)14(20-19)5-8-3-10(16)7-11(17)4-8/h1-4,6-7,14,20H,5,19H2. The number of benzene rings is 2. The Morgan fingerprint density at radius 2 is 1.70 bits per heavy atom. The van der Waals surface area contributed by atoms with E-state index in [0.717, 1.165) is 12.1 Å². The zero-order chi connectivity index (χ0) is 14.7. The maximum atomic E-state index is 13.8. The lowest BCUT2D eigenvalue weighted by atomic mass is 9.99. The average molecular weight is 301 g/mol. The minimum Gasteiger partial charge on any atom is -0.271 e. The van der Waals surface area contributed by atoms with Gasteiger partial charge in [-0.05, 0) is 36.2 Å². The van der Waals surface area contributed by atoms with E-state index in [1.54, 1.807) is 0 Å². The monoisotopic (exact) mass is 300 g/mol. The average Bonchev–Trinajstić information content (AvgIpc) is 2.35. The molecule has 0 spiro atoms. The van der Waals surface area contributed by atoms with E-state index in [4.69, 9.17) is 17.4 Å². The van der Waals surface area contributed by atoms with Crippen LogP contribution in [-0.4, -0.2) is 0 Å². The van der Waals surface area contributed by atoms with Gasteiger partial charge in [-0.25, -0.2) is 13.2 Å². The SMILES string of the molecule is NNC(Cc1cc(F)cc(F)c1)c1ccc(Cl)cc1F. The first-order chi connectivity index (χ1) is 9.49. The molecule has 2 rings (SSSR count). The lowest BCUT2D eigenvalue weighted by molar-refractivity contribution is 0.506. The van der Waals surface area contributed by atoms with Crippen LogP contribution in [0.4, 0.5) is 13.2 Å². The fraction of sp³-hybridized carbons (Fsp3) is 0.143. The summed E-state index contributed by atoms with van der Waals surface area (Å²) in [5, 5.41) is 0.263. The molecule has 2 aromatic rings. The van der Waals surface area contributed by atoms with Gasteiger partial charge in [0.15, 0.2) is 0 Å². The topological polar surface area (TPSA) is 38.0 Å². The molecule has 1 unspecified atom stereocenters. The molecule has 3 N–H and O–H groups in total. The Kier molecular flexibility index (Phi) is 4.65. The van der Waals surface area contributed by atoms with Crippen LogP contribution in [0.1, 0.15) is 17.2 Å². The second-order valence-electron chi connectivity index (χ2n) is 4.37. The third kappa shape index (κ3) is 3.50. The van der Waals surface area contributed by atoms with Crippen LogP contribution < -0.4 is 11.3 Å². The lowest BCUT2D eigenvalue weighted by Gasteiger charge is -2.17. The van der Waals surface area contributed by atoms with Gasteiger partial charge in [0.25, 0.3) is 0 Å². The molecular weight excluding hydrogens is 289 g/mol.